The molecule has 1 saturated heterocycles. The molecule has 1 fully saturated rings. The fourth-order valence-electron chi connectivity index (χ4n) is 2.68. The van der Waals surface area contributed by atoms with Crippen LogP contribution in [0, 0.1) is 5.41 Å². The predicted molar refractivity (Wildman–Crippen MR) is 89.1 cm³/mol. The largest absolute Gasteiger partial charge is 0.371 e. The molecule has 0 amide bonds. The van der Waals surface area contributed by atoms with E-state index in [1.54, 1.807) is 7.05 Å². The van der Waals surface area contributed by atoms with E-state index < -0.39 is 0 Å². The third-order valence-corrected chi connectivity index (χ3v) is 5.01. The first kappa shape index (κ1) is 17.7. The molecule has 1 aliphatic heterocycles. The van der Waals surface area contributed by atoms with Crippen LogP contribution in [0.15, 0.2) is 9.52 Å². The number of hydrogen-bond acceptors (Lipinski definition) is 5. The first-order chi connectivity index (χ1) is 10.7. The molecule has 0 bridgehead atoms. The summed E-state index contributed by atoms with van der Waals surface area (Å²) < 4.78 is 10.7. The van der Waals surface area contributed by atoms with Crippen molar-refractivity contribution in [3.05, 3.63) is 11.7 Å². The lowest BCUT2D eigenvalue weighted by Crippen LogP contribution is -2.72. The lowest BCUT2D eigenvalue weighted by atomic mass is 9.65. The minimum Gasteiger partial charge on any atom is -0.371 e. The number of nitrogens with one attached hydrogen (secondary N) is 1. The fraction of sp³-hybridized carbons (Fsp3) is 0.812. The first-order valence-corrected chi connectivity index (χ1v) is 8.15. The van der Waals surface area contributed by atoms with Gasteiger partial charge in [-0.1, -0.05) is 19.0 Å². The maximum atomic E-state index is 5.47. The number of ether oxygens (including phenoxy) is 1. The number of nitrogens with zero attached hydrogens (tertiary/aromatic N) is 4. The van der Waals surface area contributed by atoms with Crippen LogP contribution < -0.4 is 5.32 Å². The summed E-state index contributed by atoms with van der Waals surface area (Å²) in [5.74, 6) is 1.96. The van der Waals surface area contributed by atoms with Gasteiger partial charge in [-0.05, 0) is 27.7 Å². The van der Waals surface area contributed by atoms with E-state index in [0.717, 1.165) is 12.5 Å². The van der Waals surface area contributed by atoms with Crippen LogP contribution in [0.1, 0.15) is 59.4 Å². The molecule has 0 spiro atoms. The van der Waals surface area contributed by atoms with E-state index in [9.17, 15) is 0 Å². The summed E-state index contributed by atoms with van der Waals surface area (Å²) in [6.45, 7) is 14.9. The Morgan fingerprint density at radius 1 is 1.43 bits per heavy atom. The molecule has 7 nitrogen and oxygen atoms in total. The Morgan fingerprint density at radius 2 is 2.13 bits per heavy atom. The van der Waals surface area contributed by atoms with Crippen LogP contribution >= 0.6 is 0 Å². The Kier molecular flexibility index (Phi) is 4.98. The highest BCUT2D eigenvalue weighted by atomic mass is 16.5. The smallest absolute Gasteiger partial charge is 0.246 e. The molecule has 1 unspecified atom stereocenters. The van der Waals surface area contributed by atoms with Gasteiger partial charge in [0.1, 0.15) is 6.10 Å². The fourth-order valence-corrected chi connectivity index (χ4v) is 2.68. The lowest BCUT2D eigenvalue weighted by molar-refractivity contribution is -0.0668. The molecule has 1 aliphatic rings. The van der Waals surface area contributed by atoms with Gasteiger partial charge in [0.2, 0.25) is 5.89 Å². The van der Waals surface area contributed by atoms with Gasteiger partial charge in [0.05, 0.1) is 6.54 Å². The van der Waals surface area contributed by atoms with Crippen LogP contribution in [-0.4, -0.2) is 46.7 Å². The second-order valence-corrected chi connectivity index (χ2v) is 7.07. The van der Waals surface area contributed by atoms with Crippen LogP contribution in [0.25, 0.3) is 0 Å². The van der Waals surface area contributed by atoms with E-state index in [2.05, 4.69) is 53.0 Å². The summed E-state index contributed by atoms with van der Waals surface area (Å²) in [7, 11) is 1.79. The van der Waals surface area contributed by atoms with Crippen LogP contribution in [0.5, 0.6) is 0 Å². The number of guanidine groups is 1. The maximum Gasteiger partial charge on any atom is 0.246 e. The quantitative estimate of drug-likeness (QED) is 0.662. The number of aromatic nitrogens is 2. The molecule has 1 N–H and O–H groups in total. The van der Waals surface area contributed by atoms with Gasteiger partial charge in [-0.2, -0.15) is 4.98 Å². The van der Waals surface area contributed by atoms with Gasteiger partial charge in [0, 0.05) is 31.2 Å². The van der Waals surface area contributed by atoms with Crippen molar-refractivity contribution in [2.75, 3.05) is 20.2 Å². The number of rotatable bonds is 5. The molecule has 2 rings (SSSR count). The second-order valence-electron chi connectivity index (χ2n) is 7.07. The molecule has 23 heavy (non-hydrogen) atoms. The van der Waals surface area contributed by atoms with E-state index in [4.69, 9.17) is 9.26 Å². The Hall–Kier alpha value is -1.63. The average molecular weight is 323 g/mol. The van der Waals surface area contributed by atoms with Crippen molar-refractivity contribution < 1.29 is 9.26 Å². The summed E-state index contributed by atoms with van der Waals surface area (Å²) >= 11 is 0. The Balaban J connectivity index is 1.95. The molecule has 1 atom stereocenters. The summed E-state index contributed by atoms with van der Waals surface area (Å²) in [6, 6.07) is 0. The number of aliphatic imine (C=N–C) groups is 1. The SMILES string of the molecule is CCOC(C)c1noc(CNC(=NC)N2CC(C)(C)C2(C)C)n1. The first-order valence-electron chi connectivity index (χ1n) is 8.15. The minimum absolute atomic E-state index is 0.0539. The molecule has 1 aromatic heterocycles. The molecule has 0 saturated carbocycles. The normalized spacial score (nSPS) is 21.0. The van der Waals surface area contributed by atoms with Crippen molar-refractivity contribution in [1.29, 1.82) is 0 Å². The molecule has 0 aliphatic carbocycles. The van der Waals surface area contributed by atoms with Crippen molar-refractivity contribution in [3.8, 4) is 0 Å². The average Bonchev–Trinajstić information content (AvgIpc) is 2.96. The number of hydrogen-bond donors (Lipinski definition) is 1. The molecular weight excluding hydrogens is 294 g/mol. The van der Waals surface area contributed by atoms with Gasteiger partial charge in [0.15, 0.2) is 11.8 Å². The third kappa shape index (κ3) is 3.34. The maximum absolute atomic E-state index is 5.47. The van der Waals surface area contributed by atoms with Crippen molar-refractivity contribution in [2.45, 2.75) is 59.7 Å². The van der Waals surface area contributed by atoms with Gasteiger partial charge in [-0.3, -0.25) is 4.99 Å². The molecule has 1 aromatic rings. The van der Waals surface area contributed by atoms with Crippen LogP contribution in [0.3, 0.4) is 0 Å². The zero-order valence-corrected chi connectivity index (χ0v) is 15.3. The third-order valence-electron chi connectivity index (χ3n) is 5.01. The van der Waals surface area contributed by atoms with E-state index >= 15 is 0 Å². The van der Waals surface area contributed by atoms with E-state index in [1.165, 1.54) is 0 Å². The van der Waals surface area contributed by atoms with E-state index in [1.807, 2.05) is 13.8 Å². The Labute approximate surface area is 138 Å². The van der Waals surface area contributed by atoms with Gasteiger partial charge in [0.25, 0.3) is 0 Å². The van der Waals surface area contributed by atoms with Crippen LogP contribution in [0.2, 0.25) is 0 Å². The summed E-state index contributed by atoms with van der Waals surface area (Å²) in [4.78, 5) is 11.0. The Morgan fingerprint density at radius 3 is 2.65 bits per heavy atom. The zero-order chi connectivity index (χ0) is 17.3. The number of likely N-dealkylation sites (tertiary alicyclic amines) is 1. The van der Waals surface area contributed by atoms with E-state index in [0.29, 0.717) is 24.9 Å². The summed E-state index contributed by atoms with van der Waals surface area (Å²) in [5.41, 5.74) is 0.313. The van der Waals surface area contributed by atoms with Crippen molar-refractivity contribution in [2.24, 2.45) is 10.4 Å². The molecule has 2 heterocycles. The molecule has 130 valence electrons. The summed E-state index contributed by atoms with van der Waals surface area (Å²) in [6.07, 6.45) is -0.160. The van der Waals surface area contributed by atoms with Crippen molar-refractivity contribution >= 4 is 5.96 Å². The van der Waals surface area contributed by atoms with E-state index in [-0.39, 0.29) is 17.1 Å². The van der Waals surface area contributed by atoms with Crippen molar-refractivity contribution in [1.82, 2.24) is 20.4 Å². The van der Waals surface area contributed by atoms with Gasteiger partial charge >= 0.3 is 0 Å². The van der Waals surface area contributed by atoms with Crippen molar-refractivity contribution in [3.63, 3.8) is 0 Å². The highest BCUT2D eigenvalue weighted by molar-refractivity contribution is 5.81. The highest BCUT2D eigenvalue weighted by Crippen LogP contribution is 2.46. The predicted octanol–water partition coefficient (Wildman–Crippen LogP) is 2.36. The Bertz CT molecular complexity index is 565. The standard InChI is InChI=1S/C16H29N5O2/c1-8-22-11(2)13-19-12(23-20-13)9-18-14(17-7)21-10-15(3,4)16(21,5)6/h11H,8-10H2,1-7H3,(H,17,18). The van der Waals surface area contributed by atoms with Crippen LogP contribution in [-0.2, 0) is 11.3 Å². The molecule has 7 heteroatoms. The zero-order valence-electron chi connectivity index (χ0n) is 15.3. The monoisotopic (exact) mass is 323 g/mol. The van der Waals surface area contributed by atoms with Gasteiger partial charge in [-0.15, -0.1) is 0 Å². The molecular formula is C16H29N5O2. The van der Waals surface area contributed by atoms with Crippen LogP contribution in [0.4, 0.5) is 0 Å². The minimum atomic E-state index is -0.160. The summed E-state index contributed by atoms with van der Waals surface area (Å²) in [5, 5.41) is 7.27. The lowest BCUT2D eigenvalue weighted by Gasteiger charge is -2.62. The second kappa shape index (κ2) is 6.47. The topological polar surface area (TPSA) is 75.8 Å². The van der Waals surface area contributed by atoms with Gasteiger partial charge < -0.3 is 19.5 Å². The molecule has 0 radical (unpaired) electrons. The molecule has 0 aromatic carbocycles. The highest BCUT2D eigenvalue weighted by Gasteiger charge is 2.53. The van der Waals surface area contributed by atoms with Gasteiger partial charge in [-0.25, -0.2) is 0 Å².